The molecule has 9 aromatic rings. The van der Waals surface area contributed by atoms with E-state index in [1.807, 2.05) is 11.3 Å². The molecular formula is C62H59BN2OS. The third-order valence-electron chi connectivity index (χ3n) is 18.1. The lowest BCUT2D eigenvalue weighted by atomic mass is 9.42. The van der Waals surface area contributed by atoms with Gasteiger partial charge in [-0.1, -0.05) is 136 Å². The second-order valence-corrected chi connectivity index (χ2v) is 25.3. The molecule has 0 fully saturated rings. The highest BCUT2D eigenvalue weighted by atomic mass is 32.1. The minimum absolute atomic E-state index is 0.0500. The van der Waals surface area contributed by atoms with E-state index in [4.69, 9.17) is 4.42 Å². The summed E-state index contributed by atoms with van der Waals surface area (Å²) in [6.07, 6.45) is 4.75. The smallest absolute Gasteiger partial charge is 0.334 e. The first-order chi connectivity index (χ1) is 31.9. The van der Waals surface area contributed by atoms with Crippen molar-refractivity contribution in [3.05, 3.63) is 148 Å². The Morgan fingerprint density at radius 3 is 1.90 bits per heavy atom. The van der Waals surface area contributed by atoms with Crippen LogP contribution in [0.3, 0.4) is 0 Å². The van der Waals surface area contributed by atoms with E-state index < -0.39 is 0 Å². The van der Waals surface area contributed by atoms with E-state index in [0.717, 1.165) is 16.6 Å². The van der Waals surface area contributed by atoms with Crippen molar-refractivity contribution in [2.45, 2.75) is 129 Å². The van der Waals surface area contributed by atoms with Crippen LogP contribution in [0, 0.1) is 6.92 Å². The van der Waals surface area contributed by atoms with Crippen LogP contribution in [0.4, 0.5) is 28.4 Å². The monoisotopic (exact) mass is 890 g/mol. The lowest BCUT2D eigenvalue weighted by Crippen LogP contribution is -2.63. The number of para-hydroxylation sites is 3. The molecule has 0 bridgehead atoms. The molecule has 0 atom stereocenters. The third kappa shape index (κ3) is 5.04. The van der Waals surface area contributed by atoms with Crippen LogP contribution < -0.4 is 20.6 Å². The van der Waals surface area contributed by atoms with Crippen LogP contribution in [0.15, 0.2) is 114 Å². The van der Waals surface area contributed by atoms with Gasteiger partial charge in [-0.05, 0) is 147 Å². The van der Waals surface area contributed by atoms with Crippen molar-refractivity contribution < 1.29 is 4.42 Å². The topological polar surface area (TPSA) is 19.6 Å². The molecule has 0 N–H and O–H groups in total. The van der Waals surface area contributed by atoms with Gasteiger partial charge in [-0.2, -0.15) is 0 Å². The van der Waals surface area contributed by atoms with Gasteiger partial charge in [0.15, 0.2) is 0 Å². The third-order valence-corrected chi connectivity index (χ3v) is 19.3. The fourth-order valence-corrected chi connectivity index (χ4v) is 15.2. The molecule has 0 saturated carbocycles. The van der Waals surface area contributed by atoms with Gasteiger partial charge in [0.2, 0.25) is 0 Å². The largest absolute Gasteiger partial charge is 0.455 e. The summed E-state index contributed by atoms with van der Waals surface area (Å²) in [7, 11) is 0. The summed E-state index contributed by atoms with van der Waals surface area (Å²) in [5.41, 5.74) is 23.8. The molecular weight excluding hydrogens is 832 g/mol. The Kier molecular flexibility index (Phi) is 7.61. The van der Waals surface area contributed by atoms with E-state index in [2.05, 4.69) is 195 Å². The first-order valence-corrected chi connectivity index (χ1v) is 25.7. The molecule has 332 valence electrons. The molecule has 0 radical (unpaired) electrons. The van der Waals surface area contributed by atoms with Crippen LogP contribution >= 0.6 is 11.3 Å². The number of furan rings is 1. The van der Waals surface area contributed by atoms with E-state index in [0.29, 0.717) is 0 Å². The number of fused-ring (bicyclic) bond motifs is 16. The molecule has 5 heteroatoms. The van der Waals surface area contributed by atoms with Crippen molar-refractivity contribution in [1.29, 1.82) is 0 Å². The van der Waals surface area contributed by atoms with Crippen LogP contribution in [-0.2, 0) is 27.1 Å². The van der Waals surface area contributed by atoms with Crippen molar-refractivity contribution >= 4 is 99.7 Å². The van der Waals surface area contributed by atoms with Crippen molar-refractivity contribution in [1.82, 2.24) is 0 Å². The van der Waals surface area contributed by atoms with Gasteiger partial charge >= 0.3 is 6.85 Å². The van der Waals surface area contributed by atoms with Gasteiger partial charge in [-0.25, -0.2) is 0 Å². The molecule has 14 rings (SSSR count). The van der Waals surface area contributed by atoms with Gasteiger partial charge in [0.05, 0.1) is 0 Å². The quantitative estimate of drug-likeness (QED) is 0.153. The molecule has 2 aliphatic carbocycles. The Bertz CT molecular complexity index is 3720. The Morgan fingerprint density at radius 1 is 0.507 bits per heavy atom. The summed E-state index contributed by atoms with van der Waals surface area (Å²) in [6, 6.07) is 42.9. The minimum atomic E-state index is -0.215. The SMILES string of the molecule is Cc1cc2c(cc1N1c3cc4c(oc5ccccc54)c4c3B(c3c1ccc1c3sc3cc5c(cc31)C(C)(C)CCC5(C)C)N1c3ccccc3C(C)(C)c3cccc-4c31)C(C)(C)CCC2(C)C. The molecule has 2 aromatic heterocycles. The van der Waals surface area contributed by atoms with E-state index >= 15 is 0 Å². The Balaban J connectivity index is 1.18. The normalized spacial score (nSPS) is 19.5. The second kappa shape index (κ2) is 12.7. The van der Waals surface area contributed by atoms with Crippen LogP contribution in [0.1, 0.15) is 134 Å². The van der Waals surface area contributed by atoms with Crippen LogP contribution in [0.25, 0.3) is 53.2 Å². The Labute approximate surface area is 399 Å². The zero-order valence-electron chi connectivity index (χ0n) is 41.0. The molecule has 5 aliphatic rings. The van der Waals surface area contributed by atoms with Crippen molar-refractivity contribution in [3.8, 4) is 11.1 Å². The molecule has 0 amide bonds. The Hall–Kier alpha value is -5.78. The van der Waals surface area contributed by atoms with Crippen LogP contribution in [0.5, 0.6) is 0 Å². The van der Waals surface area contributed by atoms with Gasteiger partial charge in [0, 0.05) is 75.9 Å². The molecule has 7 aromatic carbocycles. The summed E-state index contributed by atoms with van der Waals surface area (Å²) in [6.45, 7) is 26.8. The number of aryl methyl sites for hydroxylation is 1. The predicted octanol–water partition coefficient (Wildman–Crippen LogP) is 16.3. The van der Waals surface area contributed by atoms with Gasteiger partial charge in [-0.15, -0.1) is 11.3 Å². The number of hydrogen-bond donors (Lipinski definition) is 0. The molecule has 3 aliphatic heterocycles. The summed E-state index contributed by atoms with van der Waals surface area (Å²) >= 11 is 2.03. The van der Waals surface area contributed by atoms with E-state index in [9.17, 15) is 0 Å². The lowest BCUT2D eigenvalue weighted by Gasteiger charge is -2.51. The average molecular weight is 891 g/mol. The van der Waals surface area contributed by atoms with Crippen LogP contribution in [0.2, 0.25) is 0 Å². The molecule has 0 unspecified atom stereocenters. The fraction of sp³-hybridized carbons (Fsp3) is 0.323. The average Bonchev–Trinajstić information content (AvgIpc) is 3.86. The maximum absolute atomic E-state index is 7.20. The minimum Gasteiger partial charge on any atom is -0.455 e. The predicted molar refractivity (Wildman–Crippen MR) is 288 cm³/mol. The second-order valence-electron chi connectivity index (χ2n) is 24.2. The number of hydrogen-bond acceptors (Lipinski definition) is 4. The van der Waals surface area contributed by atoms with Gasteiger partial charge < -0.3 is 14.1 Å². The first-order valence-electron chi connectivity index (χ1n) is 24.9. The maximum atomic E-state index is 7.20. The van der Waals surface area contributed by atoms with Crippen LogP contribution in [-0.4, -0.2) is 6.85 Å². The van der Waals surface area contributed by atoms with Crippen molar-refractivity contribution in [3.63, 3.8) is 0 Å². The number of benzene rings is 7. The van der Waals surface area contributed by atoms with Crippen molar-refractivity contribution in [2.75, 3.05) is 9.71 Å². The highest BCUT2D eigenvalue weighted by molar-refractivity contribution is 7.27. The summed E-state index contributed by atoms with van der Waals surface area (Å²) in [5, 5.41) is 5.10. The summed E-state index contributed by atoms with van der Waals surface area (Å²) in [5.74, 6) is 0. The highest BCUT2D eigenvalue weighted by Gasteiger charge is 2.52. The van der Waals surface area contributed by atoms with Gasteiger partial charge in [0.1, 0.15) is 11.2 Å². The highest BCUT2D eigenvalue weighted by Crippen LogP contribution is 2.59. The fourth-order valence-electron chi connectivity index (χ4n) is 14.0. The number of thiophene rings is 1. The van der Waals surface area contributed by atoms with E-state index in [-0.39, 0.29) is 33.9 Å². The maximum Gasteiger partial charge on any atom is 0.334 e. The number of rotatable bonds is 1. The molecule has 3 nitrogen and oxygen atoms in total. The van der Waals surface area contributed by atoms with E-state index in [1.165, 1.54) is 141 Å². The standard InChI is InChI=1S/C62H59BN2OS/c1-34-29-42-44(60(6,7)27-25-58(42,2)3)32-48(34)64-47-24-23-36-38-30-43-45(61(8,9)28-26-59(43,4)5)33-51(38)67-57(36)54(47)63-53-49(64)31-39-35-17-12-15-22-50(35)66-56(39)52(53)37-18-16-20-41-55(37)65(63)46-21-14-13-19-40(46)62(41,10)11/h12-24,29-33H,25-28H2,1-11H3. The number of anilines is 5. The lowest BCUT2D eigenvalue weighted by molar-refractivity contribution is 0.332. The zero-order chi connectivity index (χ0) is 46.1. The molecule has 67 heavy (non-hydrogen) atoms. The zero-order valence-corrected chi connectivity index (χ0v) is 41.8. The first kappa shape index (κ1) is 40.3. The molecule has 5 heterocycles. The molecule has 0 saturated heterocycles. The Morgan fingerprint density at radius 2 is 1.15 bits per heavy atom. The summed E-state index contributed by atoms with van der Waals surface area (Å²) < 4.78 is 9.99. The van der Waals surface area contributed by atoms with E-state index in [1.54, 1.807) is 0 Å². The van der Waals surface area contributed by atoms with Gasteiger partial charge in [-0.3, -0.25) is 0 Å². The summed E-state index contributed by atoms with van der Waals surface area (Å²) in [4.78, 5) is 5.48. The molecule has 0 spiro atoms. The number of nitrogens with zero attached hydrogens (tertiary/aromatic N) is 2. The van der Waals surface area contributed by atoms with Crippen molar-refractivity contribution in [2.24, 2.45) is 0 Å². The van der Waals surface area contributed by atoms with Gasteiger partial charge in [0.25, 0.3) is 0 Å².